The number of carbonyl (C=O) groups is 1. The van der Waals surface area contributed by atoms with E-state index < -0.39 is 5.91 Å². The Labute approximate surface area is 102 Å². The first-order valence-corrected chi connectivity index (χ1v) is 6.05. The zero-order valence-electron chi connectivity index (χ0n) is 7.78. The summed E-state index contributed by atoms with van der Waals surface area (Å²) < 4.78 is 0.756. The van der Waals surface area contributed by atoms with Crippen LogP contribution in [-0.4, -0.2) is 5.91 Å². The molecule has 3 nitrogen and oxygen atoms in total. The molecule has 4 N–H and O–H groups in total. The average Bonchev–Trinajstić information content (AvgIpc) is 2.50. The fourth-order valence-corrected chi connectivity index (χ4v) is 3.66. The Bertz CT molecular complexity index is 476. The molecule has 1 aliphatic carbocycles. The van der Waals surface area contributed by atoms with Crippen LogP contribution in [0.2, 0.25) is 0 Å². The van der Waals surface area contributed by atoms with Gasteiger partial charge in [-0.05, 0) is 18.4 Å². The summed E-state index contributed by atoms with van der Waals surface area (Å²) in [7, 11) is 0. The molecule has 80 valence electrons. The van der Waals surface area contributed by atoms with Gasteiger partial charge in [-0.15, -0.1) is 36.6 Å². The Morgan fingerprint density at radius 2 is 2.00 bits per heavy atom. The molecule has 0 aromatic carbocycles. The predicted molar refractivity (Wildman–Crippen MR) is 68.5 cm³/mol. The number of amides is 1. The molecule has 0 radical (unpaired) electrons. The number of primary amides is 1. The number of carbonyl (C=O) groups excluding carboxylic acids is 1. The van der Waals surface area contributed by atoms with E-state index in [-0.39, 0.29) is 0 Å². The van der Waals surface area contributed by atoms with Gasteiger partial charge in [0, 0.05) is 16.2 Å². The number of fused-ring (bicyclic) bond motifs is 1. The van der Waals surface area contributed by atoms with E-state index in [1.807, 2.05) is 0 Å². The number of nitrogens with two attached hydrogens (primary N) is 2. The Hall–Kier alpha value is -0.590. The normalized spacial score (nSPS) is 15.3. The molecule has 0 atom stereocenters. The van der Waals surface area contributed by atoms with Crippen molar-refractivity contribution in [3.05, 3.63) is 21.7 Å². The molecule has 0 spiro atoms. The highest BCUT2D eigenvalue weighted by Gasteiger charge is 2.25. The van der Waals surface area contributed by atoms with Gasteiger partial charge in [0.15, 0.2) is 0 Å². The van der Waals surface area contributed by atoms with Gasteiger partial charge in [-0.2, -0.15) is 0 Å². The van der Waals surface area contributed by atoms with Crippen molar-refractivity contribution < 1.29 is 4.79 Å². The zero-order chi connectivity index (χ0) is 11.2. The molecule has 6 heteroatoms. The molecule has 0 saturated carbocycles. The number of thiophene rings is 1. The van der Waals surface area contributed by atoms with Crippen molar-refractivity contribution in [1.29, 1.82) is 0 Å². The molecule has 1 aromatic rings. The van der Waals surface area contributed by atoms with E-state index in [1.165, 1.54) is 11.3 Å². The lowest BCUT2D eigenvalue weighted by Crippen LogP contribution is -2.14. The highest BCUT2D eigenvalue weighted by molar-refractivity contribution is 7.90. The van der Waals surface area contributed by atoms with Gasteiger partial charge < -0.3 is 11.5 Å². The van der Waals surface area contributed by atoms with E-state index in [9.17, 15) is 4.79 Å². The summed E-state index contributed by atoms with van der Waals surface area (Å²) in [5.41, 5.74) is 13.7. The van der Waals surface area contributed by atoms with Crippen LogP contribution in [0.5, 0.6) is 0 Å². The Kier molecular flexibility index (Phi) is 2.74. The molecular formula is C9H10N2OS3. The van der Waals surface area contributed by atoms with Crippen molar-refractivity contribution in [3.8, 4) is 0 Å². The maximum absolute atomic E-state index is 11.2. The van der Waals surface area contributed by atoms with Crippen LogP contribution in [-0.2, 0) is 6.42 Å². The second-order valence-electron chi connectivity index (χ2n) is 3.33. The summed E-state index contributed by atoms with van der Waals surface area (Å²) in [5, 5.41) is 0. The SMILES string of the molecule is NC(=O)c1sc(S)c2c1CCC(N)=C2S. The molecule has 1 heterocycles. The Morgan fingerprint density at radius 1 is 1.33 bits per heavy atom. The predicted octanol–water partition coefficient (Wildman–Crippen LogP) is 1.64. The van der Waals surface area contributed by atoms with Crippen LogP contribution in [0.15, 0.2) is 9.91 Å². The second kappa shape index (κ2) is 3.77. The quantitative estimate of drug-likeness (QED) is 0.578. The molecule has 1 amide bonds. The molecule has 1 aromatic heterocycles. The van der Waals surface area contributed by atoms with E-state index in [2.05, 4.69) is 25.3 Å². The van der Waals surface area contributed by atoms with Crippen LogP contribution < -0.4 is 11.5 Å². The summed E-state index contributed by atoms with van der Waals surface area (Å²) in [6.07, 6.45) is 1.45. The van der Waals surface area contributed by atoms with Gasteiger partial charge in [-0.3, -0.25) is 4.79 Å². The van der Waals surface area contributed by atoms with Gasteiger partial charge in [-0.25, -0.2) is 0 Å². The maximum Gasteiger partial charge on any atom is 0.259 e. The minimum atomic E-state index is -0.404. The molecule has 15 heavy (non-hydrogen) atoms. The Morgan fingerprint density at radius 3 is 2.60 bits per heavy atom. The highest BCUT2D eigenvalue weighted by Crippen LogP contribution is 2.42. The molecule has 0 unspecified atom stereocenters. The molecule has 1 aliphatic rings. The summed E-state index contributed by atoms with van der Waals surface area (Å²) in [4.78, 5) is 12.5. The molecule has 2 rings (SSSR count). The van der Waals surface area contributed by atoms with Gasteiger partial charge in [0.25, 0.3) is 5.91 Å². The third-order valence-corrected chi connectivity index (χ3v) is 4.46. The second-order valence-corrected chi connectivity index (χ2v) is 5.55. The third kappa shape index (κ3) is 1.66. The summed E-state index contributed by atoms with van der Waals surface area (Å²) >= 11 is 9.97. The van der Waals surface area contributed by atoms with Crippen molar-refractivity contribution in [2.24, 2.45) is 11.5 Å². The van der Waals surface area contributed by atoms with Crippen molar-refractivity contribution in [3.63, 3.8) is 0 Å². The zero-order valence-corrected chi connectivity index (χ0v) is 10.4. The highest BCUT2D eigenvalue weighted by atomic mass is 32.2. The van der Waals surface area contributed by atoms with Gasteiger partial charge in [-0.1, -0.05) is 0 Å². The number of hydrogen-bond acceptors (Lipinski definition) is 5. The largest absolute Gasteiger partial charge is 0.401 e. The molecule has 0 aliphatic heterocycles. The standard InChI is InChI=1S/C9H10N2OS3/c10-4-2-1-3-5(6(4)13)9(14)15-7(3)8(11)12/h13-14H,1-2,10H2,(H2,11,12). The summed E-state index contributed by atoms with van der Waals surface area (Å²) in [5.74, 6) is -0.404. The number of hydrogen-bond donors (Lipinski definition) is 4. The number of thiol groups is 2. The van der Waals surface area contributed by atoms with Crippen molar-refractivity contribution in [2.75, 3.05) is 0 Å². The first kappa shape index (κ1) is 10.9. The van der Waals surface area contributed by atoms with Crippen LogP contribution in [0, 0.1) is 0 Å². The smallest absolute Gasteiger partial charge is 0.259 e. The fraction of sp³-hybridized carbons (Fsp3) is 0.222. The number of rotatable bonds is 1. The first-order valence-electron chi connectivity index (χ1n) is 4.34. The van der Waals surface area contributed by atoms with Gasteiger partial charge >= 0.3 is 0 Å². The molecule has 0 saturated heterocycles. The molecule has 0 bridgehead atoms. The van der Waals surface area contributed by atoms with E-state index in [4.69, 9.17) is 11.5 Å². The van der Waals surface area contributed by atoms with Crippen molar-refractivity contribution >= 4 is 47.4 Å². The first-order chi connectivity index (χ1) is 7.02. The van der Waals surface area contributed by atoms with E-state index >= 15 is 0 Å². The van der Waals surface area contributed by atoms with Crippen LogP contribution in [0.4, 0.5) is 0 Å². The third-order valence-electron chi connectivity index (χ3n) is 2.40. The fourth-order valence-electron chi connectivity index (χ4n) is 1.67. The van der Waals surface area contributed by atoms with Gasteiger partial charge in [0.1, 0.15) is 0 Å². The van der Waals surface area contributed by atoms with E-state index in [0.717, 1.165) is 38.8 Å². The van der Waals surface area contributed by atoms with Gasteiger partial charge in [0.2, 0.25) is 0 Å². The van der Waals surface area contributed by atoms with E-state index in [1.54, 1.807) is 0 Å². The maximum atomic E-state index is 11.2. The molecular weight excluding hydrogens is 248 g/mol. The van der Waals surface area contributed by atoms with Crippen LogP contribution in [0.3, 0.4) is 0 Å². The summed E-state index contributed by atoms with van der Waals surface area (Å²) in [6, 6.07) is 0. The Balaban J connectivity index is 2.68. The minimum absolute atomic E-state index is 0.404. The minimum Gasteiger partial charge on any atom is -0.401 e. The average molecular weight is 258 g/mol. The van der Waals surface area contributed by atoms with Crippen molar-refractivity contribution in [1.82, 2.24) is 0 Å². The number of allylic oxidation sites excluding steroid dienone is 1. The molecule has 0 fully saturated rings. The summed E-state index contributed by atoms with van der Waals surface area (Å²) in [6.45, 7) is 0. The van der Waals surface area contributed by atoms with Crippen LogP contribution >= 0.6 is 36.6 Å². The van der Waals surface area contributed by atoms with Crippen LogP contribution in [0.25, 0.3) is 4.91 Å². The van der Waals surface area contributed by atoms with Crippen molar-refractivity contribution in [2.45, 2.75) is 17.1 Å². The lowest BCUT2D eigenvalue weighted by molar-refractivity contribution is 0.100. The van der Waals surface area contributed by atoms with E-state index in [0.29, 0.717) is 4.88 Å². The lowest BCUT2D eigenvalue weighted by Gasteiger charge is -2.15. The lowest BCUT2D eigenvalue weighted by atomic mass is 9.97. The van der Waals surface area contributed by atoms with Gasteiger partial charge in [0.05, 0.1) is 9.09 Å². The topological polar surface area (TPSA) is 69.1 Å². The monoisotopic (exact) mass is 258 g/mol. The van der Waals surface area contributed by atoms with Crippen LogP contribution in [0.1, 0.15) is 27.2 Å².